The fraction of sp³-hybridized carbons (Fsp3) is 0.333. The van der Waals surface area contributed by atoms with Crippen LogP contribution in [0.3, 0.4) is 0 Å². The van der Waals surface area contributed by atoms with Crippen LogP contribution >= 0.6 is 0 Å². The van der Waals surface area contributed by atoms with Gasteiger partial charge < -0.3 is 15.3 Å². The third kappa shape index (κ3) is 3.51. The highest BCUT2D eigenvalue weighted by Gasteiger charge is 2.21. The number of aromatic hydroxyl groups is 1. The molecule has 5 heteroatoms. The fourth-order valence-corrected chi connectivity index (χ4v) is 2.91. The van der Waals surface area contributed by atoms with Crippen molar-refractivity contribution in [2.75, 3.05) is 18.0 Å². The molecule has 1 aliphatic rings. The zero-order valence-corrected chi connectivity index (χ0v) is 13.2. The average Bonchev–Trinajstić information content (AvgIpc) is 2.57. The molecule has 0 bridgehead atoms. The number of nitrogens with zero attached hydrogens (tertiary/aromatic N) is 2. The molecule has 0 fully saturated rings. The molecule has 1 aromatic heterocycles. The SMILES string of the molecule is Cc1ccc(O)c(CNCC(=O)N2CCCc3ccccc32)n1. The van der Waals surface area contributed by atoms with E-state index in [1.807, 2.05) is 30.0 Å². The number of fused-ring (bicyclic) bond motifs is 1. The lowest BCUT2D eigenvalue weighted by molar-refractivity contribution is -0.117. The number of rotatable bonds is 4. The van der Waals surface area contributed by atoms with Gasteiger partial charge in [-0.15, -0.1) is 0 Å². The number of benzene rings is 1. The largest absolute Gasteiger partial charge is 0.506 e. The van der Waals surface area contributed by atoms with E-state index in [-0.39, 0.29) is 18.2 Å². The Morgan fingerprint density at radius 3 is 3.00 bits per heavy atom. The minimum atomic E-state index is 0.0456. The van der Waals surface area contributed by atoms with E-state index in [1.165, 1.54) is 5.56 Å². The number of para-hydroxylation sites is 1. The van der Waals surface area contributed by atoms with Crippen molar-refractivity contribution in [3.63, 3.8) is 0 Å². The Bertz CT molecular complexity index is 715. The van der Waals surface area contributed by atoms with Crippen LogP contribution in [0.2, 0.25) is 0 Å². The molecule has 0 atom stereocenters. The number of aromatic nitrogens is 1. The van der Waals surface area contributed by atoms with Gasteiger partial charge >= 0.3 is 0 Å². The molecular weight excluding hydrogens is 290 g/mol. The standard InChI is InChI=1S/C18H21N3O2/c1-13-8-9-17(22)15(20-13)11-19-12-18(23)21-10-4-6-14-5-2-3-7-16(14)21/h2-3,5,7-9,19,22H,4,6,10-12H2,1H3. The first kappa shape index (κ1) is 15.5. The van der Waals surface area contributed by atoms with Crippen LogP contribution in [0.5, 0.6) is 5.75 Å². The molecule has 3 rings (SSSR count). The van der Waals surface area contributed by atoms with Crippen LogP contribution in [0.1, 0.15) is 23.4 Å². The van der Waals surface area contributed by atoms with Crippen molar-refractivity contribution in [2.24, 2.45) is 0 Å². The molecule has 23 heavy (non-hydrogen) atoms. The molecule has 120 valence electrons. The number of nitrogens with one attached hydrogen (secondary N) is 1. The molecular formula is C18H21N3O2. The lowest BCUT2D eigenvalue weighted by Crippen LogP contribution is -2.41. The van der Waals surface area contributed by atoms with Gasteiger partial charge in [0.1, 0.15) is 5.75 Å². The van der Waals surface area contributed by atoms with Crippen molar-refractivity contribution < 1.29 is 9.90 Å². The summed E-state index contributed by atoms with van der Waals surface area (Å²) in [6.45, 7) is 3.22. The van der Waals surface area contributed by atoms with Crippen molar-refractivity contribution in [2.45, 2.75) is 26.3 Å². The number of carbonyl (C=O) groups is 1. The molecule has 2 N–H and O–H groups in total. The Hall–Kier alpha value is -2.40. The zero-order valence-electron chi connectivity index (χ0n) is 13.2. The number of anilines is 1. The summed E-state index contributed by atoms with van der Waals surface area (Å²) in [6.07, 6.45) is 2.01. The monoisotopic (exact) mass is 311 g/mol. The van der Waals surface area contributed by atoms with E-state index < -0.39 is 0 Å². The molecule has 0 unspecified atom stereocenters. The van der Waals surface area contributed by atoms with Crippen molar-refractivity contribution in [1.29, 1.82) is 0 Å². The maximum atomic E-state index is 12.5. The van der Waals surface area contributed by atoms with Crippen LogP contribution in [0.15, 0.2) is 36.4 Å². The normalized spacial score (nSPS) is 13.7. The van der Waals surface area contributed by atoms with Gasteiger partial charge in [-0.2, -0.15) is 0 Å². The molecule has 0 saturated heterocycles. The summed E-state index contributed by atoms with van der Waals surface area (Å²) < 4.78 is 0. The van der Waals surface area contributed by atoms with Crippen LogP contribution in [0.4, 0.5) is 5.69 Å². The number of aryl methyl sites for hydroxylation is 2. The zero-order chi connectivity index (χ0) is 16.2. The van der Waals surface area contributed by atoms with Crippen molar-refractivity contribution >= 4 is 11.6 Å². The maximum Gasteiger partial charge on any atom is 0.240 e. The molecule has 1 aliphatic heterocycles. The summed E-state index contributed by atoms with van der Waals surface area (Å²) in [4.78, 5) is 18.6. The van der Waals surface area contributed by atoms with Crippen LogP contribution in [-0.4, -0.2) is 29.1 Å². The third-order valence-corrected chi connectivity index (χ3v) is 4.07. The summed E-state index contributed by atoms with van der Waals surface area (Å²) in [6, 6.07) is 11.4. The Morgan fingerprint density at radius 1 is 1.30 bits per heavy atom. The summed E-state index contributed by atoms with van der Waals surface area (Å²) >= 11 is 0. The third-order valence-electron chi connectivity index (χ3n) is 4.07. The van der Waals surface area contributed by atoms with E-state index in [0.29, 0.717) is 12.2 Å². The predicted molar refractivity (Wildman–Crippen MR) is 89.5 cm³/mol. The van der Waals surface area contributed by atoms with Gasteiger partial charge in [-0.25, -0.2) is 0 Å². The molecule has 2 heterocycles. The van der Waals surface area contributed by atoms with Crippen LogP contribution < -0.4 is 10.2 Å². The van der Waals surface area contributed by atoms with Gasteiger partial charge in [0.15, 0.2) is 0 Å². The maximum absolute atomic E-state index is 12.5. The van der Waals surface area contributed by atoms with Crippen molar-refractivity contribution in [1.82, 2.24) is 10.3 Å². The Labute approximate surface area is 136 Å². The van der Waals surface area contributed by atoms with E-state index in [1.54, 1.807) is 12.1 Å². The van der Waals surface area contributed by atoms with Crippen LogP contribution in [0.25, 0.3) is 0 Å². The van der Waals surface area contributed by atoms with Gasteiger partial charge in [-0.3, -0.25) is 9.78 Å². The Balaban J connectivity index is 1.61. The summed E-state index contributed by atoms with van der Waals surface area (Å²) in [5.41, 5.74) is 3.65. The van der Waals surface area contributed by atoms with Gasteiger partial charge in [-0.1, -0.05) is 18.2 Å². The van der Waals surface area contributed by atoms with Crippen molar-refractivity contribution in [3.05, 3.63) is 53.3 Å². The van der Waals surface area contributed by atoms with Crippen LogP contribution in [-0.2, 0) is 17.8 Å². The highest BCUT2D eigenvalue weighted by molar-refractivity contribution is 5.95. The molecule has 0 radical (unpaired) electrons. The molecule has 1 aromatic carbocycles. The predicted octanol–water partition coefficient (Wildman–Crippen LogP) is 2.16. The minimum Gasteiger partial charge on any atom is -0.506 e. The lowest BCUT2D eigenvalue weighted by Gasteiger charge is -2.29. The number of carbonyl (C=O) groups excluding carboxylic acids is 1. The fourth-order valence-electron chi connectivity index (χ4n) is 2.91. The van der Waals surface area contributed by atoms with Gasteiger partial charge in [0.05, 0.1) is 12.2 Å². The first-order chi connectivity index (χ1) is 11.1. The number of amides is 1. The van der Waals surface area contributed by atoms with Gasteiger partial charge in [-0.05, 0) is 43.5 Å². The first-order valence-electron chi connectivity index (χ1n) is 7.89. The van der Waals surface area contributed by atoms with E-state index >= 15 is 0 Å². The average molecular weight is 311 g/mol. The smallest absolute Gasteiger partial charge is 0.240 e. The summed E-state index contributed by atoms with van der Waals surface area (Å²) in [5.74, 6) is 0.197. The molecule has 0 spiro atoms. The second kappa shape index (κ2) is 6.79. The minimum absolute atomic E-state index is 0.0456. The first-order valence-corrected chi connectivity index (χ1v) is 7.89. The van der Waals surface area contributed by atoms with E-state index in [9.17, 15) is 9.90 Å². The highest BCUT2D eigenvalue weighted by Crippen LogP contribution is 2.26. The number of pyridine rings is 1. The second-order valence-corrected chi connectivity index (χ2v) is 5.80. The van der Waals surface area contributed by atoms with Gasteiger partial charge in [0.25, 0.3) is 0 Å². The molecule has 5 nitrogen and oxygen atoms in total. The van der Waals surface area contributed by atoms with Crippen LogP contribution in [0, 0.1) is 6.92 Å². The topological polar surface area (TPSA) is 65.5 Å². The number of hydrogen-bond acceptors (Lipinski definition) is 4. The second-order valence-electron chi connectivity index (χ2n) is 5.80. The quantitative estimate of drug-likeness (QED) is 0.908. The van der Waals surface area contributed by atoms with Crippen molar-refractivity contribution in [3.8, 4) is 5.75 Å². The van der Waals surface area contributed by atoms with E-state index in [2.05, 4.69) is 16.4 Å². The molecule has 2 aromatic rings. The van der Waals surface area contributed by atoms with E-state index in [4.69, 9.17) is 0 Å². The molecule has 0 aliphatic carbocycles. The summed E-state index contributed by atoms with van der Waals surface area (Å²) in [5, 5.41) is 12.9. The van der Waals surface area contributed by atoms with Gasteiger partial charge in [0, 0.05) is 24.5 Å². The van der Waals surface area contributed by atoms with Gasteiger partial charge in [0.2, 0.25) is 5.91 Å². The van der Waals surface area contributed by atoms with E-state index in [0.717, 1.165) is 30.8 Å². The Morgan fingerprint density at radius 2 is 2.13 bits per heavy atom. The molecule has 1 amide bonds. The number of hydrogen-bond donors (Lipinski definition) is 2. The Kier molecular flexibility index (Phi) is 4.57. The lowest BCUT2D eigenvalue weighted by atomic mass is 10.0. The summed E-state index contributed by atoms with van der Waals surface area (Å²) in [7, 11) is 0. The molecule has 0 saturated carbocycles. The highest BCUT2D eigenvalue weighted by atomic mass is 16.3.